The second kappa shape index (κ2) is 4.25. The molecule has 2 fully saturated rings. The molecule has 90 valence electrons. The monoisotopic (exact) mass is 243 g/mol. The fourth-order valence-electron chi connectivity index (χ4n) is 2.33. The smallest absolute Gasteiger partial charge is 0.243 e. The van der Waals surface area contributed by atoms with E-state index in [1.807, 2.05) is 6.92 Å². The summed E-state index contributed by atoms with van der Waals surface area (Å²) in [5.41, 5.74) is 5.34. The zero-order chi connectivity index (χ0) is 11.8. The summed E-state index contributed by atoms with van der Waals surface area (Å²) in [7, 11) is 0. The van der Waals surface area contributed by atoms with Crippen LogP contribution < -0.4 is 11.1 Å². The van der Waals surface area contributed by atoms with Gasteiger partial charge in [-0.2, -0.15) is 0 Å². The van der Waals surface area contributed by atoms with Gasteiger partial charge < -0.3 is 16.0 Å². The zero-order valence-corrected chi connectivity index (χ0v) is 10.2. The van der Waals surface area contributed by atoms with Crippen LogP contribution in [0.15, 0.2) is 0 Å². The average molecular weight is 243 g/mol. The van der Waals surface area contributed by atoms with Gasteiger partial charge in [0, 0.05) is 25.3 Å². The summed E-state index contributed by atoms with van der Waals surface area (Å²) in [6.45, 7) is 2.94. The summed E-state index contributed by atoms with van der Waals surface area (Å²) >= 11 is 1.70. The number of amides is 2. The zero-order valence-electron chi connectivity index (χ0n) is 9.36. The minimum absolute atomic E-state index is 0.0723. The lowest BCUT2D eigenvalue weighted by Gasteiger charge is -2.29. The van der Waals surface area contributed by atoms with Gasteiger partial charge in [-0.15, -0.1) is 11.8 Å². The van der Waals surface area contributed by atoms with Crippen molar-refractivity contribution >= 4 is 23.6 Å². The van der Waals surface area contributed by atoms with Crippen molar-refractivity contribution in [1.29, 1.82) is 0 Å². The van der Waals surface area contributed by atoms with E-state index in [9.17, 15) is 9.59 Å². The lowest BCUT2D eigenvalue weighted by molar-refractivity contribution is -0.137. The van der Waals surface area contributed by atoms with Crippen LogP contribution in [-0.4, -0.2) is 46.5 Å². The number of rotatable bonds is 3. The van der Waals surface area contributed by atoms with E-state index in [4.69, 9.17) is 5.73 Å². The number of hydrogen-bond acceptors (Lipinski definition) is 4. The second-order valence-corrected chi connectivity index (χ2v) is 5.85. The van der Waals surface area contributed by atoms with Crippen LogP contribution in [-0.2, 0) is 9.59 Å². The molecule has 0 spiro atoms. The van der Waals surface area contributed by atoms with Crippen molar-refractivity contribution in [2.75, 3.05) is 18.8 Å². The quantitative estimate of drug-likeness (QED) is 0.702. The van der Waals surface area contributed by atoms with Crippen molar-refractivity contribution in [3.8, 4) is 0 Å². The number of nitrogens with two attached hydrogens (primary N) is 1. The van der Waals surface area contributed by atoms with Gasteiger partial charge in [-0.25, -0.2) is 0 Å². The van der Waals surface area contributed by atoms with E-state index in [2.05, 4.69) is 5.32 Å². The maximum absolute atomic E-state index is 11.9. The first-order chi connectivity index (χ1) is 7.58. The van der Waals surface area contributed by atoms with E-state index < -0.39 is 0 Å². The van der Waals surface area contributed by atoms with Gasteiger partial charge in [-0.3, -0.25) is 9.59 Å². The molecule has 0 aliphatic carbocycles. The van der Waals surface area contributed by atoms with E-state index in [1.54, 1.807) is 16.7 Å². The number of hydrogen-bond donors (Lipinski definition) is 2. The van der Waals surface area contributed by atoms with Gasteiger partial charge in [0.05, 0.1) is 4.87 Å². The molecule has 0 radical (unpaired) electrons. The number of nitrogens with zero attached hydrogens (tertiary/aromatic N) is 1. The molecule has 2 amide bonds. The van der Waals surface area contributed by atoms with E-state index >= 15 is 0 Å². The van der Waals surface area contributed by atoms with Gasteiger partial charge in [0.1, 0.15) is 6.04 Å². The molecule has 0 aromatic heterocycles. The van der Waals surface area contributed by atoms with Crippen molar-refractivity contribution in [2.24, 2.45) is 5.73 Å². The highest BCUT2D eigenvalue weighted by atomic mass is 32.2. The molecule has 2 atom stereocenters. The third kappa shape index (κ3) is 1.80. The summed E-state index contributed by atoms with van der Waals surface area (Å²) in [5, 5.41) is 2.75. The lowest BCUT2D eigenvalue weighted by atomic mass is 10.2. The molecule has 3 N–H and O–H groups in total. The molecule has 0 saturated carbocycles. The maximum Gasteiger partial charge on any atom is 0.243 e. The summed E-state index contributed by atoms with van der Waals surface area (Å²) in [4.78, 5) is 25.2. The van der Waals surface area contributed by atoms with Crippen LogP contribution in [0, 0.1) is 0 Å². The topological polar surface area (TPSA) is 75.4 Å². The molecule has 0 aromatic carbocycles. The summed E-state index contributed by atoms with van der Waals surface area (Å²) < 4.78 is 0. The van der Waals surface area contributed by atoms with Crippen molar-refractivity contribution < 1.29 is 9.59 Å². The SMILES string of the molecule is CC12CCC(=O)N1C(C(=O)NCCN)CS2. The number of thioether (sulfide) groups is 1. The minimum Gasteiger partial charge on any atom is -0.353 e. The number of fused-ring (bicyclic) bond motifs is 1. The van der Waals surface area contributed by atoms with Crippen molar-refractivity contribution in [2.45, 2.75) is 30.7 Å². The van der Waals surface area contributed by atoms with Gasteiger partial charge in [-0.1, -0.05) is 0 Å². The van der Waals surface area contributed by atoms with Crippen LogP contribution in [0.25, 0.3) is 0 Å². The summed E-state index contributed by atoms with van der Waals surface area (Å²) in [6, 6.07) is -0.309. The van der Waals surface area contributed by atoms with Crippen LogP contribution in [0.5, 0.6) is 0 Å². The van der Waals surface area contributed by atoms with Gasteiger partial charge in [0.15, 0.2) is 0 Å². The standard InChI is InChI=1S/C10H17N3O2S/c1-10-3-2-8(14)13(10)7(6-16-10)9(15)12-5-4-11/h7H,2-6,11H2,1H3,(H,12,15). The Morgan fingerprint density at radius 2 is 2.50 bits per heavy atom. The predicted molar refractivity (Wildman–Crippen MR) is 62.8 cm³/mol. The molecule has 2 aliphatic heterocycles. The molecule has 2 aliphatic rings. The number of nitrogens with one attached hydrogen (secondary N) is 1. The molecule has 2 rings (SSSR count). The first kappa shape index (κ1) is 11.7. The second-order valence-electron chi connectivity index (χ2n) is 4.35. The number of carbonyl (C=O) groups excluding carboxylic acids is 2. The molecule has 0 aromatic rings. The first-order valence-corrected chi connectivity index (χ1v) is 6.51. The molecular weight excluding hydrogens is 226 g/mol. The first-order valence-electron chi connectivity index (χ1n) is 5.52. The van der Waals surface area contributed by atoms with Gasteiger partial charge in [0.2, 0.25) is 11.8 Å². The average Bonchev–Trinajstić information content (AvgIpc) is 2.73. The maximum atomic E-state index is 11.9. The minimum atomic E-state index is -0.309. The Morgan fingerprint density at radius 3 is 3.19 bits per heavy atom. The third-order valence-electron chi connectivity index (χ3n) is 3.19. The highest BCUT2D eigenvalue weighted by molar-refractivity contribution is 8.01. The Labute approximate surface area is 99.1 Å². The highest BCUT2D eigenvalue weighted by Crippen LogP contribution is 2.47. The Balaban J connectivity index is 2.07. The molecule has 16 heavy (non-hydrogen) atoms. The molecule has 2 heterocycles. The van der Waals surface area contributed by atoms with Gasteiger partial charge in [-0.05, 0) is 13.3 Å². The Bertz CT molecular complexity index is 323. The fraction of sp³-hybridized carbons (Fsp3) is 0.800. The van der Waals surface area contributed by atoms with Gasteiger partial charge >= 0.3 is 0 Å². The van der Waals surface area contributed by atoms with Crippen LogP contribution in [0.2, 0.25) is 0 Å². The number of carbonyl (C=O) groups is 2. The molecule has 6 heteroatoms. The van der Waals surface area contributed by atoms with Crippen LogP contribution in [0.4, 0.5) is 0 Å². The van der Waals surface area contributed by atoms with Crippen LogP contribution in [0.1, 0.15) is 19.8 Å². The van der Waals surface area contributed by atoms with Crippen LogP contribution in [0.3, 0.4) is 0 Å². The van der Waals surface area contributed by atoms with Crippen molar-refractivity contribution in [3.63, 3.8) is 0 Å². The summed E-state index contributed by atoms with van der Waals surface area (Å²) in [6.07, 6.45) is 1.40. The Hall–Kier alpha value is -0.750. The Morgan fingerprint density at radius 1 is 1.75 bits per heavy atom. The fourth-order valence-corrected chi connectivity index (χ4v) is 3.76. The molecule has 2 saturated heterocycles. The van der Waals surface area contributed by atoms with E-state index in [0.29, 0.717) is 25.3 Å². The highest BCUT2D eigenvalue weighted by Gasteiger charge is 2.52. The predicted octanol–water partition coefficient (Wildman–Crippen LogP) is -0.485. The molecule has 2 unspecified atom stereocenters. The molecule has 0 bridgehead atoms. The largest absolute Gasteiger partial charge is 0.353 e. The van der Waals surface area contributed by atoms with Crippen molar-refractivity contribution in [3.05, 3.63) is 0 Å². The van der Waals surface area contributed by atoms with Gasteiger partial charge in [0.25, 0.3) is 0 Å². The van der Waals surface area contributed by atoms with E-state index in [0.717, 1.165) is 6.42 Å². The van der Waals surface area contributed by atoms with Crippen molar-refractivity contribution in [1.82, 2.24) is 10.2 Å². The molecular formula is C10H17N3O2S. The van der Waals surface area contributed by atoms with E-state index in [-0.39, 0.29) is 22.7 Å². The van der Waals surface area contributed by atoms with Crippen LogP contribution >= 0.6 is 11.8 Å². The normalized spacial score (nSPS) is 33.0. The molecule has 5 nitrogen and oxygen atoms in total. The summed E-state index contributed by atoms with van der Waals surface area (Å²) in [5.74, 6) is 0.718. The lowest BCUT2D eigenvalue weighted by Crippen LogP contribution is -2.50. The Kier molecular flexibility index (Phi) is 3.12. The van der Waals surface area contributed by atoms with E-state index in [1.165, 1.54) is 0 Å². The third-order valence-corrected chi connectivity index (χ3v) is 4.70.